The van der Waals surface area contributed by atoms with Crippen molar-refractivity contribution in [2.45, 2.75) is 58.9 Å². The fourth-order valence-corrected chi connectivity index (χ4v) is 4.80. The number of aromatic nitrogens is 2. The maximum absolute atomic E-state index is 13.9. The zero-order valence-electron chi connectivity index (χ0n) is 22.8. The molecule has 6 heteroatoms. The molecule has 0 saturated heterocycles. The van der Waals surface area contributed by atoms with E-state index in [0.717, 1.165) is 37.8 Å². The Balaban J connectivity index is 1.85. The molecule has 198 valence electrons. The number of ether oxygens (including phenoxy) is 1. The number of hydrogen-bond acceptors (Lipinski definition) is 4. The minimum atomic E-state index is -0.446. The number of para-hydroxylation sites is 1. The van der Waals surface area contributed by atoms with E-state index in [9.17, 15) is 9.59 Å². The summed E-state index contributed by atoms with van der Waals surface area (Å²) in [6.07, 6.45) is 5.03. The average Bonchev–Trinajstić information content (AvgIpc) is 2.96. The van der Waals surface area contributed by atoms with Gasteiger partial charge in [0.2, 0.25) is 0 Å². The molecule has 6 nitrogen and oxygen atoms in total. The summed E-state index contributed by atoms with van der Waals surface area (Å²) in [7, 11) is 1.59. The van der Waals surface area contributed by atoms with Gasteiger partial charge in [-0.1, -0.05) is 63.4 Å². The van der Waals surface area contributed by atoms with E-state index in [4.69, 9.17) is 9.72 Å². The molecule has 0 radical (unpaired) electrons. The molecule has 1 unspecified atom stereocenters. The highest BCUT2D eigenvalue weighted by atomic mass is 16.5. The van der Waals surface area contributed by atoms with Crippen molar-refractivity contribution in [2.24, 2.45) is 0 Å². The zero-order chi connectivity index (χ0) is 27.1. The van der Waals surface area contributed by atoms with Crippen molar-refractivity contribution in [1.82, 2.24) is 14.5 Å². The Morgan fingerprint density at radius 1 is 0.974 bits per heavy atom. The molecule has 0 bridgehead atoms. The van der Waals surface area contributed by atoms with Crippen molar-refractivity contribution >= 4 is 16.8 Å². The summed E-state index contributed by atoms with van der Waals surface area (Å²) >= 11 is 0. The second-order valence-electron chi connectivity index (χ2n) is 9.61. The summed E-state index contributed by atoms with van der Waals surface area (Å²) in [4.78, 5) is 34.6. The van der Waals surface area contributed by atoms with Crippen LogP contribution in [0.5, 0.6) is 5.75 Å². The van der Waals surface area contributed by atoms with Crippen molar-refractivity contribution in [3.8, 4) is 11.4 Å². The number of aryl methyl sites for hydroxylation is 1. The fourth-order valence-electron chi connectivity index (χ4n) is 4.80. The predicted octanol–water partition coefficient (Wildman–Crippen LogP) is 6.74. The van der Waals surface area contributed by atoms with Crippen LogP contribution in [0.1, 0.15) is 74.2 Å². The molecule has 0 fully saturated rings. The lowest BCUT2D eigenvalue weighted by Crippen LogP contribution is -2.38. The van der Waals surface area contributed by atoms with Crippen LogP contribution in [0.4, 0.5) is 0 Å². The Morgan fingerprint density at radius 2 is 1.74 bits per heavy atom. The topological polar surface area (TPSA) is 64.4 Å². The van der Waals surface area contributed by atoms with Gasteiger partial charge < -0.3 is 9.64 Å². The molecule has 4 aromatic rings. The predicted molar refractivity (Wildman–Crippen MR) is 153 cm³/mol. The van der Waals surface area contributed by atoms with Gasteiger partial charge >= 0.3 is 0 Å². The summed E-state index contributed by atoms with van der Waals surface area (Å²) in [5, 5.41) is 0.552. The molecule has 1 heterocycles. The third-order valence-corrected chi connectivity index (χ3v) is 7.08. The first-order chi connectivity index (χ1) is 18.5. The average molecular weight is 512 g/mol. The van der Waals surface area contributed by atoms with Gasteiger partial charge in [-0.15, -0.1) is 0 Å². The van der Waals surface area contributed by atoms with Gasteiger partial charge in [0, 0.05) is 12.1 Å². The number of fused-ring (bicyclic) bond motifs is 1. The molecule has 0 aliphatic rings. The second-order valence-corrected chi connectivity index (χ2v) is 9.61. The first-order valence-electron chi connectivity index (χ1n) is 13.5. The van der Waals surface area contributed by atoms with Gasteiger partial charge in [-0.05, 0) is 67.8 Å². The standard InChI is InChI=1S/C32H37N3O3/c1-5-7-8-11-21-34(31(36)25-13-12-14-27(22-25)38-4)23(3)30-33-29-16-10-9-15-28(29)32(37)35(30)26-19-17-24(6-2)18-20-26/h9-10,12-20,22-23H,5-8,11,21H2,1-4H3. The van der Waals surface area contributed by atoms with Gasteiger partial charge in [-0.3, -0.25) is 14.2 Å². The number of nitrogens with zero attached hydrogens (tertiary/aromatic N) is 3. The molecular formula is C32H37N3O3. The van der Waals surface area contributed by atoms with Gasteiger partial charge in [0.05, 0.1) is 29.7 Å². The molecule has 1 amide bonds. The number of benzene rings is 3. The molecule has 3 aromatic carbocycles. The lowest BCUT2D eigenvalue weighted by molar-refractivity contribution is 0.0676. The van der Waals surface area contributed by atoms with E-state index >= 15 is 0 Å². The van der Waals surface area contributed by atoms with E-state index in [2.05, 4.69) is 13.8 Å². The van der Waals surface area contributed by atoms with Crippen LogP contribution in [0.15, 0.2) is 77.6 Å². The summed E-state index contributed by atoms with van der Waals surface area (Å²) in [6, 6.07) is 22.2. The van der Waals surface area contributed by atoms with E-state index in [1.165, 1.54) is 5.56 Å². The highest BCUT2D eigenvalue weighted by Crippen LogP contribution is 2.26. The quantitative estimate of drug-likeness (QED) is 0.209. The number of amides is 1. The summed E-state index contributed by atoms with van der Waals surface area (Å²) < 4.78 is 7.05. The Kier molecular flexibility index (Phi) is 8.95. The molecule has 4 rings (SSSR count). The Morgan fingerprint density at radius 3 is 2.45 bits per heavy atom. The van der Waals surface area contributed by atoms with Crippen LogP contribution >= 0.6 is 0 Å². The Hall–Kier alpha value is -3.93. The van der Waals surface area contributed by atoms with Crippen LogP contribution in [-0.4, -0.2) is 34.0 Å². The number of rotatable bonds is 11. The van der Waals surface area contributed by atoms with E-state index in [1.54, 1.807) is 29.9 Å². The maximum atomic E-state index is 13.9. The molecule has 0 N–H and O–H groups in total. The van der Waals surface area contributed by atoms with Crippen molar-refractivity contribution in [1.29, 1.82) is 0 Å². The van der Waals surface area contributed by atoms with Crippen molar-refractivity contribution in [2.75, 3.05) is 13.7 Å². The normalized spacial score (nSPS) is 11.9. The highest BCUT2D eigenvalue weighted by molar-refractivity contribution is 5.95. The van der Waals surface area contributed by atoms with Gasteiger partial charge in [0.1, 0.15) is 11.6 Å². The maximum Gasteiger partial charge on any atom is 0.266 e. The third-order valence-electron chi connectivity index (χ3n) is 7.08. The minimum Gasteiger partial charge on any atom is -0.497 e. The van der Waals surface area contributed by atoms with Crippen LogP contribution in [0.3, 0.4) is 0 Å². The van der Waals surface area contributed by atoms with Gasteiger partial charge in [-0.2, -0.15) is 0 Å². The molecule has 38 heavy (non-hydrogen) atoms. The van der Waals surface area contributed by atoms with Crippen molar-refractivity contribution < 1.29 is 9.53 Å². The van der Waals surface area contributed by atoms with Gasteiger partial charge in [0.25, 0.3) is 11.5 Å². The monoisotopic (exact) mass is 511 g/mol. The number of carbonyl (C=O) groups excluding carboxylic acids is 1. The first kappa shape index (κ1) is 27.1. The molecule has 1 atom stereocenters. The molecule has 0 spiro atoms. The summed E-state index contributed by atoms with van der Waals surface area (Å²) in [5.74, 6) is 1.07. The van der Waals surface area contributed by atoms with E-state index in [-0.39, 0.29) is 11.5 Å². The van der Waals surface area contributed by atoms with Crippen LogP contribution in [0, 0.1) is 0 Å². The fraction of sp³-hybridized carbons (Fsp3) is 0.344. The van der Waals surface area contributed by atoms with E-state index in [0.29, 0.717) is 34.6 Å². The summed E-state index contributed by atoms with van der Waals surface area (Å²) in [5.41, 5.74) is 2.97. The van der Waals surface area contributed by atoms with Crippen LogP contribution in [0.2, 0.25) is 0 Å². The van der Waals surface area contributed by atoms with Gasteiger partial charge in [-0.25, -0.2) is 4.98 Å². The summed E-state index contributed by atoms with van der Waals surface area (Å²) in [6.45, 7) is 6.80. The highest BCUT2D eigenvalue weighted by Gasteiger charge is 2.27. The number of unbranched alkanes of at least 4 members (excludes halogenated alkanes) is 3. The zero-order valence-corrected chi connectivity index (χ0v) is 22.8. The smallest absolute Gasteiger partial charge is 0.266 e. The lowest BCUT2D eigenvalue weighted by Gasteiger charge is -2.31. The Labute approximate surface area is 224 Å². The SMILES string of the molecule is CCCCCCN(C(=O)c1cccc(OC)c1)C(C)c1nc2ccccc2c(=O)n1-c1ccc(CC)cc1. The second kappa shape index (κ2) is 12.5. The van der Waals surface area contributed by atoms with E-state index < -0.39 is 6.04 Å². The number of hydrogen-bond donors (Lipinski definition) is 0. The molecule has 1 aromatic heterocycles. The third kappa shape index (κ3) is 5.80. The minimum absolute atomic E-state index is 0.108. The molecule has 0 saturated carbocycles. The van der Waals surface area contributed by atoms with Crippen molar-refractivity contribution in [3.63, 3.8) is 0 Å². The van der Waals surface area contributed by atoms with Gasteiger partial charge in [0.15, 0.2) is 0 Å². The number of carbonyl (C=O) groups is 1. The molecule has 0 aliphatic heterocycles. The van der Waals surface area contributed by atoms with E-state index in [1.807, 2.05) is 66.4 Å². The van der Waals surface area contributed by atoms with Crippen LogP contribution < -0.4 is 10.3 Å². The molecule has 0 aliphatic carbocycles. The van der Waals surface area contributed by atoms with Crippen LogP contribution in [0.25, 0.3) is 16.6 Å². The number of methoxy groups -OCH3 is 1. The Bertz CT molecular complexity index is 1440. The lowest BCUT2D eigenvalue weighted by atomic mass is 10.1. The van der Waals surface area contributed by atoms with Crippen molar-refractivity contribution in [3.05, 3.63) is 100 Å². The first-order valence-corrected chi connectivity index (χ1v) is 13.5. The largest absolute Gasteiger partial charge is 0.497 e. The molecular weight excluding hydrogens is 474 g/mol. The van der Waals surface area contributed by atoms with Crippen LogP contribution in [-0.2, 0) is 6.42 Å².